The van der Waals surface area contributed by atoms with Crippen molar-refractivity contribution in [1.29, 1.82) is 0 Å². The Labute approximate surface area is 184 Å². The highest BCUT2D eigenvalue weighted by Crippen LogP contribution is 2.41. The van der Waals surface area contributed by atoms with E-state index in [0.29, 0.717) is 12.1 Å². The highest BCUT2D eigenvalue weighted by Gasteiger charge is 2.43. The highest BCUT2D eigenvalue weighted by molar-refractivity contribution is 6.03. The normalized spacial score (nSPS) is 11.6. The van der Waals surface area contributed by atoms with Crippen LogP contribution in [0.25, 0.3) is 0 Å². The van der Waals surface area contributed by atoms with Gasteiger partial charge < -0.3 is 10.6 Å². The number of anilines is 1. The third-order valence-electron chi connectivity index (χ3n) is 4.19. The first-order valence-corrected chi connectivity index (χ1v) is 8.86. The summed E-state index contributed by atoms with van der Waals surface area (Å²) < 4.78 is 77.3. The number of alkyl halides is 6. The summed E-state index contributed by atoms with van der Waals surface area (Å²) in [6.45, 7) is -0.515. The zero-order chi connectivity index (χ0) is 25.8. The van der Waals surface area contributed by atoms with Gasteiger partial charge in [0.25, 0.3) is 11.4 Å². The van der Waals surface area contributed by atoms with Crippen LogP contribution in [-0.4, -0.2) is 21.7 Å². The van der Waals surface area contributed by atoms with Crippen molar-refractivity contribution < 1.29 is 45.8 Å². The number of non-ortho nitro benzene ring substituents is 1. The monoisotopic (exact) mass is 494 g/mol. The number of rotatable bonds is 7. The second-order valence-corrected chi connectivity index (χ2v) is 6.58. The van der Waals surface area contributed by atoms with Crippen molar-refractivity contribution in [2.24, 2.45) is 0 Å². The number of carbonyl (C=O) groups is 2. The second kappa shape index (κ2) is 9.72. The van der Waals surface area contributed by atoms with Crippen LogP contribution in [0.5, 0.6) is 0 Å². The van der Waals surface area contributed by atoms with E-state index in [-0.39, 0.29) is 17.7 Å². The summed E-state index contributed by atoms with van der Waals surface area (Å²) in [5.41, 5.74) is -6.03. The van der Waals surface area contributed by atoms with E-state index in [2.05, 4.69) is 5.32 Å². The van der Waals surface area contributed by atoms with Crippen LogP contribution < -0.4 is 10.6 Å². The zero-order valence-corrected chi connectivity index (χ0v) is 16.5. The molecule has 0 atom stereocenters. The lowest BCUT2D eigenvalue weighted by molar-refractivity contribution is -0.394. The Morgan fingerprint density at radius 3 is 1.97 bits per heavy atom. The minimum Gasteiger partial charge on any atom is -0.351 e. The lowest BCUT2D eigenvalue weighted by atomic mass is 10.1. The molecule has 2 aromatic carbocycles. The number of benzene rings is 2. The molecule has 0 radical (unpaired) electrons. The Kier molecular flexibility index (Phi) is 7.43. The minimum atomic E-state index is -5.37. The van der Waals surface area contributed by atoms with Gasteiger partial charge in [0.2, 0.25) is 11.8 Å². The number of nitro groups is 2. The standard InChI is InChI=1S/C18H12F6N4O6/c19-17(20,21)12-4-2-10(5-13(12)18(22,23)24)26-16(30)7-15(29)25-8-9-1-3-11(27(31)32)6-14(9)28(33)34/h1-6H,7-8H2,(H,25,29)(H,26,30). The second-order valence-electron chi connectivity index (χ2n) is 6.58. The molecule has 0 aromatic heterocycles. The predicted molar refractivity (Wildman–Crippen MR) is 101 cm³/mol. The fraction of sp³-hybridized carbons (Fsp3) is 0.222. The summed E-state index contributed by atoms with van der Waals surface area (Å²) in [6.07, 6.45) is -11.7. The van der Waals surface area contributed by atoms with Gasteiger partial charge in [0.15, 0.2) is 0 Å². The van der Waals surface area contributed by atoms with Gasteiger partial charge in [-0.2, -0.15) is 26.3 Å². The van der Waals surface area contributed by atoms with Crippen molar-refractivity contribution in [3.63, 3.8) is 0 Å². The average molecular weight is 494 g/mol. The molecule has 0 bridgehead atoms. The number of amides is 2. The topological polar surface area (TPSA) is 144 Å². The maximum absolute atomic E-state index is 13.0. The Morgan fingerprint density at radius 1 is 0.824 bits per heavy atom. The first kappa shape index (κ1) is 26.0. The molecule has 16 heteroatoms. The third kappa shape index (κ3) is 6.63. The summed E-state index contributed by atoms with van der Waals surface area (Å²) >= 11 is 0. The molecule has 0 unspecified atom stereocenters. The third-order valence-corrected chi connectivity index (χ3v) is 4.19. The van der Waals surface area contributed by atoms with Gasteiger partial charge in [-0.3, -0.25) is 29.8 Å². The molecule has 182 valence electrons. The molecule has 0 saturated heterocycles. The molecular weight excluding hydrogens is 482 g/mol. The van der Waals surface area contributed by atoms with E-state index in [0.717, 1.165) is 12.1 Å². The van der Waals surface area contributed by atoms with Crippen molar-refractivity contribution in [2.45, 2.75) is 25.3 Å². The lowest BCUT2D eigenvalue weighted by Crippen LogP contribution is -2.28. The summed E-state index contributed by atoms with van der Waals surface area (Å²) in [5.74, 6) is -2.21. The number of nitrogens with zero attached hydrogens (tertiary/aromatic N) is 2. The van der Waals surface area contributed by atoms with Crippen LogP contribution in [0.15, 0.2) is 36.4 Å². The molecule has 0 aliphatic heterocycles. The molecule has 34 heavy (non-hydrogen) atoms. The van der Waals surface area contributed by atoms with Crippen LogP contribution >= 0.6 is 0 Å². The molecule has 2 rings (SSSR count). The van der Waals surface area contributed by atoms with E-state index in [1.165, 1.54) is 0 Å². The largest absolute Gasteiger partial charge is 0.417 e. The molecule has 0 aliphatic carbocycles. The first-order valence-electron chi connectivity index (χ1n) is 8.86. The van der Waals surface area contributed by atoms with Crippen LogP contribution in [0.1, 0.15) is 23.1 Å². The van der Waals surface area contributed by atoms with Gasteiger partial charge in [-0.05, 0) is 24.3 Å². The van der Waals surface area contributed by atoms with E-state index in [1.807, 2.05) is 5.32 Å². The molecular formula is C18H12F6N4O6. The molecule has 0 aliphatic rings. The smallest absolute Gasteiger partial charge is 0.351 e. The van der Waals surface area contributed by atoms with Crippen LogP contribution in [-0.2, 0) is 28.5 Å². The van der Waals surface area contributed by atoms with E-state index in [9.17, 15) is 56.2 Å². The van der Waals surface area contributed by atoms with Gasteiger partial charge in [0, 0.05) is 23.9 Å². The van der Waals surface area contributed by atoms with Crippen molar-refractivity contribution >= 4 is 28.9 Å². The van der Waals surface area contributed by atoms with E-state index >= 15 is 0 Å². The Balaban J connectivity index is 2.07. The fourth-order valence-corrected chi connectivity index (χ4v) is 2.70. The Hall–Kier alpha value is -4.24. The van der Waals surface area contributed by atoms with Crippen LogP contribution in [0, 0.1) is 20.2 Å². The van der Waals surface area contributed by atoms with Crippen molar-refractivity contribution in [3.05, 3.63) is 73.3 Å². The fourth-order valence-electron chi connectivity index (χ4n) is 2.70. The zero-order valence-electron chi connectivity index (χ0n) is 16.5. The van der Waals surface area contributed by atoms with E-state index in [1.54, 1.807) is 0 Å². The number of nitrogens with one attached hydrogen (secondary N) is 2. The van der Waals surface area contributed by atoms with Crippen molar-refractivity contribution in [1.82, 2.24) is 5.32 Å². The minimum absolute atomic E-state index is 0.0683. The van der Waals surface area contributed by atoms with Crippen molar-refractivity contribution in [3.8, 4) is 0 Å². The SMILES string of the molecule is O=C(CC(=O)Nc1ccc(C(F)(F)F)c(C(F)(F)F)c1)NCc1ccc([N+](=O)[O-])cc1[N+](=O)[O-]. The highest BCUT2D eigenvalue weighted by atomic mass is 19.4. The molecule has 10 nitrogen and oxygen atoms in total. The van der Waals surface area contributed by atoms with Gasteiger partial charge in [-0.15, -0.1) is 0 Å². The summed E-state index contributed by atoms with van der Waals surface area (Å²) in [7, 11) is 0. The predicted octanol–water partition coefficient (Wildman–Crippen LogP) is 4.19. The van der Waals surface area contributed by atoms with Gasteiger partial charge in [-0.1, -0.05) is 0 Å². The molecule has 2 N–H and O–H groups in total. The summed E-state index contributed by atoms with van der Waals surface area (Å²) in [6, 6.07) is 3.40. The van der Waals surface area contributed by atoms with E-state index < -0.39 is 75.2 Å². The molecule has 0 fully saturated rings. The van der Waals surface area contributed by atoms with Crippen molar-refractivity contribution in [2.75, 3.05) is 5.32 Å². The van der Waals surface area contributed by atoms with Crippen LogP contribution in [0.2, 0.25) is 0 Å². The van der Waals surface area contributed by atoms with E-state index in [4.69, 9.17) is 0 Å². The summed E-state index contributed by atoms with van der Waals surface area (Å²) in [4.78, 5) is 43.8. The first-order chi connectivity index (χ1) is 15.6. The Morgan fingerprint density at radius 2 is 1.44 bits per heavy atom. The van der Waals surface area contributed by atoms with Gasteiger partial charge in [0.1, 0.15) is 6.42 Å². The molecule has 0 saturated carbocycles. The molecule has 2 amide bonds. The quantitative estimate of drug-likeness (QED) is 0.256. The number of halogens is 6. The maximum Gasteiger partial charge on any atom is 0.417 e. The average Bonchev–Trinajstić information content (AvgIpc) is 2.70. The molecule has 0 spiro atoms. The number of hydrogen-bond donors (Lipinski definition) is 2. The lowest BCUT2D eigenvalue weighted by Gasteiger charge is -2.17. The van der Waals surface area contributed by atoms with Crippen LogP contribution in [0.3, 0.4) is 0 Å². The van der Waals surface area contributed by atoms with Crippen LogP contribution in [0.4, 0.5) is 43.4 Å². The summed E-state index contributed by atoms with van der Waals surface area (Å²) in [5, 5.41) is 25.8. The van der Waals surface area contributed by atoms with Gasteiger partial charge in [0.05, 0.1) is 27.0 Å². The maximum atomic E-state index is 13.0. The van der Waals surface area contributed by atoms with Gasteiger partial charge >= 0.3 is 12.4 Å². The Bertz CT molecular complexity index is 1150. The number of hydrogen-bond acceptors (Lipinski definition) is 6. The number of carbonyl (C=O) groups excluding carboxylic acids is 2. The number of nitro benzene ring substituents is 2. The van der Waals surface area contributed by atoms with Gasteiger partial charge in [-0.25, -0.2) is 0 Å². The molecule has 0 heterocycles. The molecule has 2 aromatic rings.